The van der Waals surface area contributed by atoms with Crippen LogP contribution >= 0.6 is 0 Å². The van der Waals surface area contributed by atoms with E-state index >= 15 is 0 Å². The van der Waals surface area contributed by atoms with Crippen LogP contribution in [0.5, 0.6) is 0 Å². The Labute approximate surface area is 74.8 Å². The lowest BCUT2D eigenvalue weighted by Gasteiger charge is -2.21. The summed E-state index contributed by atoms with van der Waals surface area (Å²) in [6, 6.07) is 9.89. The normalized spacial score (nSPS) is 21.7. The van der Waals surface area contributed by atoms with Gasteiger partial charge in [0.1, 0.15) is 18.0 Å². The van der Waals surface area contributed by atoms with Crippen LogP contribution in [0.3, 0.4) is 0 Å². The van der Waals surface area contributed by atoms with Crippen molar-refractivity contribution < 1.29 is 14.2 Å². The Morgan fingerprint density at radius 1 is 1.23 bits per heavy atom. The molecule has 3 heteroatoms. The highest BCUT2D eigenvalue weighted by atomic mass is 17.2. The molecule has 0 saturated carbocycles. The van der Waals surface area contributed by atoms with Crippen molar-refractivity contribution in [3.63, 3.8) is 0 Å². The van der Waals surface area contributed by atoms with Crippen LogP contribution in [-0.2, 0) is 9.78 Å². The molecule has 3 nitrogen and oxygen atoms in total. The summed E-state index contributed by atoms with van der Waals surface area (Å²) in [5.74, 6) is 0.840. The third kappa shape index (κ3) is 1.05. The van der Waals surface area contributed by atoms with Crippen LogP contribution in [0.25, 0.3) is 11.0 Å². The minimum absolute atomic E-state index is 0.0209. The fourth-order valence-electron chi connectivity index (χ4n) is 1.43. The standard InChI is InChI=1S/C10H8O3/c1-2-4-8-7(3-1)5-9(12-8)10-6-11-13-10/h1-5,10H,6H2. The third-order valence-electron chi connectivity index (χ3n) is 2.17. The van der Waals surface area contributed by atoms with Crippen molar-refractivity contribution in [2.45, 2.75) is 6.10 Å². The molecule has 1 fully saturated rings. The highest BCUT2D eigenvalue weighted by Gasteiger charge is 2.26. The first-order valence-electron chi connectivity index (χ1n) is 4.20. The molecule has 1 saturated heterocycles. The molecule has 1 aliphatic heterocycles. The summed E-state index contributed by atoms with van der Waals surface area (Å²) in [5, 5.41) is 1.10. The van der Waals surface area contributed by atoms with Gasteiger partial charge in [0.2, 0.25) is 0 Å². The van der Waals surface area contributed by atoms with Crippen molar-refractivity contribution in [1.82, 2.24) is 0 Å². The molecular weight excluding hydrogens is 168 g/mol. The van der Waals surface area contributed by atoms with Crippen LogP contribution in [0.2, 0.25) is 0 Å². The highest BCUT2D eigenvalue weighted by Crippen LogP contribution is 2.30. The van der Waals surface area contributed by atoms with Gasteiger partial charge in [-0.3, -0.25) is 0 Å². The van der Waals surface area contributed by atoms with Gasteiger partial charge in [-0.1, -0.05) is 18.2 Å². The molecular formula is C10H8O3. The Morgan fingerprint density at radius 2 is 2.08 bits per heavy atom. The van der Waals surface area contributed by atoms with Gasteiger partial charge >= 0.3 is 0 Å². The predicted molar refractivity (Wildman–Crippen MR) is 46.0 cm³/mol. The summed E-state index contributed by atoms with van der Waals surface area (Å²) in [5.41, 5.74) is 0.896. The van der Waals surface area contributed by atoms with Gasteiger partial charge < -0.3 is 4.42 Å². The maximum Gasteiger partial charge on any atom is 0.177 e. The molecule has 1 aliphatic rings. The Balaban J connectivity index is 2.10. The number of hydrogen-bond acceptors (Lipinski definition) is 3. The van der Waals surface area contributed by atoms with Crippen LogP contribution in [0.1, 0.15) is 11.9 Å². The largest absolute Gasteiger partial charge is 0.458 e. The van der Waals surface area contributed by atoms with Gasteiger partial charge in [-0.25, -0.2) is 9.78 Å². The number of benzene rings is 1. The zero-order valence-electron chi connectivity index (χ0n) is 6.90. The van der Waals surface area contributed by atoms with Gasteiger partial charge in [-0.05, 0) is 12.1 Å². The van der Waals surface area contributed by atoms with E-state index < -0.39 is 0 Å². The molecule has 0 amide bonds. The molecule has 13 heavy (non-hydrogen) atoms. The van der Waals surface area contributed by atoms with Gasteiger partial charge in [0, 0.05) is 5.39 Å². The van der Waals surface area contributed by atoms with Crippen LogP contribution in [0.4, 0.5) is 0 Å². The fourth-order valence-corrected chi connectivity index (χ4v) is 1.43. The zero-order valence-corrected chi connectivity index (χ0v) is 6.90. The third-order valence-corrected chi connectivity index (χ3v) is 2.17. The van der Waals surface area contributed by atoms with Gasteiger partial charge in [0.15, 0.2) is 6.10 Å². The number of furan rings is 1. The average molecular weight is 176 g/mol. The molecule has 3 rings (SSSR count). The summed E-state index contributed by atoms with van der Waals surface area (Å²) in [6.45, 7) is 0.583. The maximum atomic E-state index is 5.57. The predicted octanol–water partition coefficient (Wildman–Crippen LogP) is 2.44. The molecule has 66 valence electrons. The second kappa shape index (κ2) is 2.58. The maximum absolute atomic E-state index is 5.57. The summed E-state index contributed by atoms with van der Waals surface area (Å²) in [4.78, 5) is 9.48. The molecule has 0 N–H and O–H groups in total. The number of rotatable bonds is 1. The van der Waals surface area contributed by atoms with E-state index in [0.717, 1.165) is 16.7 Å². The van der Waals surface area contributed by atoms with Crippen molar-refractivity contribution >= 4 is 11.0 Å². The Hall–Kier alpha value is -1.32. The molecule has 2 heterocycles. The summed E-state index contributed by atoms with van der Waals surface area (Å²) < 4.78 is 5.57. The number of fused-ring (bicyclic) bond motifs is 1. The lowest BCUT2D eigenvalue weighted by molar-refractivity contribution is -0.432. The van der Waals surface area contributed by atoms with E-state index in [-0.39, 0.29) is 6.10 Å². The minimum atomic E-state index is -0.0209. The highest BCUT2D eigenvalue weighted by molar-refractivity contribution is 5.77. The molecule has 1 aromatic carbocycles. The lowest BCUT2D eigenvalue weighted by Crippen LogP contribution is -2.21. The average Bonchev–Trinajstić information content (AvgIpc) is 2.43. The Bertz CT molecular complexity index is 395. The first-order chi connectivity index (χ1) is 6.43. The van der Waals surface area contributed by atoms with E-state index in [4.69, 9.17) is 9.30 Å². The molecule has 0 spiro atoms. The smallest absolute Gasteiger partial charge is 0.177 e. The van der Waals surface area contributed by atoms with Gasteiger partial charge in [0.25, 0.3) is 0 Å². The van der Waals surface area contributed by atoms with E-state index in [1.165, 1.54) is 0 Å². The fraction of sp³-hybridized carbons (Fsp3) is 0.200. The van der Waals surface area contributed by atoms with Crippen LogP contribution in [-0.4, -0.2) is 6.61 Å². The van der Waals surface area contributed by atoms with E-state index in [2.05, 4.69) is 4.89 Å². The van der Waals surface area contributed by atoms with E-state index in [1.54, 1.807) is 0 Å². The Morgan fingerprint density at radius 3 is 2.77 bits per heavy atom. The van der Waals surface area contributed by atoms with E-state index in [9.17, 15) is 0 Å². The number of para-hydroxylation sites is 1. The molecule has 1 unspecified atom stereocenters. The van der Waals surface area contributed by atoms with Crippen molar-refractivity contribution in [3.05, 3.63) is 36.1 Å². The summed E-state index contributed by atoms with van der Waals surface area (Å²) >= 11 is 0. The first-order valence-corrected chi connectivity index (χ1v) is 4.20. The lowest BCUT2D eigenvalue weighted by atomic mass is 10.2. The minimum Gasteiger partial charge on any atom is -0.458 e. The summed E-state index contributed by atoms with van der Waals surface area (Å²) in [7, 11) is 0. The SMILES string of the molecule is c1ccc2oc(C3COO3)cc2c1. The van der Waals surface area contributed by atoms with Crippen LogP contribution in [0.15, 0.2) is 34.7 Å². The summed E-state index contributed by atoms with van der Waals surface area (Å²) in [6.07, 6.45) is -0.0209. The molecule has 0 aliphatic carbocycles. The van der Waals surface area contributed by atoms with Crippen LogP contribution < -0.4 is 0 Å². The molecule has 1 atom stereocenters. The van der Waals surface area contributed by atoms with Crippen molar-refractivity contribution in [2.24, 2.45) is 0 Å². The van der Waals surface area contributed by atoms with Gasteiger partial charge in [-0.2, -0.15) is 0 Å². The van der Waals surface area contributed by atoms with Crippen molar-refractivity contribution in [1.29, 1.82) is 0 Å². The van der Waals surface area contributed by atoms with E-state index in [0.29, 0.717) is 6.61 Å². The zero-order chi connectivity index (χ0) is 8.67. The van der Waals surface area contributed by atoms with E-state index in [1.807, 2.05) is 30.3 Å². The van der Waals surface area contributed by atoms with Crippen molar-refractivity contribution in [3.8, 4) is 0 Å². The molecule has 0 radical (unpaired) electrons. The number of hydrogen-bond donors (Lipinski definition) is 0. The molecule has 0 bridgehead atoms. The monoisotopic (exact) mass is 176 g/mol. The quantitative estimate of drug-likeness (QED) is 0.625. The topological polar surface area (TPSA) is 31.6 Å². The first kappa shape index (κ1) is 7.12. The van der Waals surface area contributed by atoms with Gasteiger partial charge in [0.05, 0.1) is 0 Å². The Kier molecular flexibility index (Phi) is 1.41. The van der Waals surface area contributed by atoms with Crippen LogP contribution in [0, 0.1) is 0 Å². The molecule has 1 aromatic heterocycles. The molecule has 2 aromatic rings. The van der Waals surface area contributed by atoms with Gasteiger partial charge in [-0.15, -0.1) is 0 Å². The second-order valence-corrected chi connectivity index (χ2v) is 3.06. The van der Waals surface area contributed by atoms with Crippen molar-refractivity contribution in [2.75, 3.05) is 6.61 Å². The second-order valence-electron chi connectivity index (χ2n) is 3.06.